The lowest BCUT2D eigenvalue weighted by Gasteiger charge is -2.10. The highest BCUT2D eigenvalue weighted by Crippen LogP contribution is 2.34. The first-order valence-electron chi connectivity index (χ1n) is 16.4. The zero-order valence-electron chi connectivity index (χ0n) is 26.5. The molecule has 0 aliphatic carbocycles. The summed E-state index contributed by atoms with van der Waals surface area (Å²) in [5, 5.41) is 2.28. The van der Waals surface area contributed by atoms with Gasteiger partial charge in [-0.05, 0) is 51.6 Å². The molecule has 4 nitrogen and oxygen atoms in total. The van der Waals surface area contributed by atoms with Crippen LogP contribution in [0.4, 0.5) is 0 Å². The monoisotopic (exact) mass is 627 g/mol. The Morgan fingerprint density at radius 1 is 0.265 bits per heavy atom. The number of furan rings is 1. The van der Waals surface area contributed by atoms with Gasteiger partial charge in [-0.25, -0.2) is 15.0 Å². The second-order valence-corrected chi connectivity index (χ2v) is 12.1. The molecule has 0 saturated carbocycles. The van der Waals surface area contributed by atoms with E-state index in [9.17, 15) is 0 Å². The van der Waals surface area contributed by atoms with E-state index in [-0.39, 0.29) is 0 Å². The Balaban J connectivity index is 1.01. The van der Waals surface area contributed by atoms with Crippen LogP contribution in [-0.2, 0) is 0 Å². The molecule has 0 radical (unpaired) electrons. The lowest BCUT2D eigenvalue weighted by Crippen LogP contribution is -2.00. The summed E-state index contributed by atoms with van der Waals surface area (Å²) in [6.07, 6.45) is 0. The molecule has 2 aromatic heterocycles. The Morgan fingerprint density at radius 3 is 1.14 bits per heavy atom. The SMILES string of the molecule is c1ccc(-c2ccc(-c3nc(-c4ccccc4)nc(-c4ccc(-c5ccc(-c6ccc7c(c6)oc6ccccc67)cc5)cc4)n3)cc2)cc1. The number of hydrogen-bond acceptors (Lipinski definition) is 4. The van der Waals surface area contributed by atoms with Crippen LogP contribution in [-0.4, -0.2) is 15.0 Å². The number of benzene rings is 7. The molecular weight excluding hydrogens is 599 g/mol. The van der Waals surface area contributed by atoms with Crippen LogP contribution in [0.15, 0.2) is 180 Å². The van der Waals surface area contributed by atoms with E-state index in [1.165, 1.54) is 5.56 Å². The Hall–Kier alpha value is -6.65. The molecule has 0 aliphatic rings. The molecule has 230 valence electrons. The third kappa shape index (κ3) is 5.56. The van der Waals surface area contributed by atoms with Crippen LogP contribution in [0.3, 0.4) is 0 Å². The second kappa shape index (κ2) is 12.2. The van der Waals surface area contributed by atoms with Crippen molar-refractivity contribution in [2.24, 2.45) is 0 Å². The predicted octanol–water partition coefficient (Wildman–Crippen LogP) is 11.8. The molecule has 0 unspecified atom stereocenters. The van der Waals surface area contributed by atoms with Crippen molar-refractivity contribution in [1.82, 2.24) is 15.0 Å². The molecule has 9 rings (SSSR count). The first kappa shape index (κ1) is 28.6. The summed E-state index contributed by atoms with van der Waals surface area (Å²) in [6, 6.07) is 60.6. The van der Waals surface area contributed by atoms with Crippen molar-refractivity contribution in [2.45, 2.75) is 0 Å². The van der Waals surface area contributed by atoms with Gasteiger partial charge in [0, 0.05) is 27.5 Å². The predicted molar refractivity (Wildman–Crippen MR) is 200 cm³/mol. The van der Waals surface area contributed by atoms with Gasteiger partial charge in [0.1, 0.15) is 11.2 Å². The quantitative estimate of drug-likeness (QED) is 0.184. The maximum Gasteiger partial charge on any atom is 0.164 e. The molecule has 9 aromatic rings. The normalized spacial score (nSPS) is 11.3. The molecule has 0 saturated heterocycles. The maximum absolute atomic E-state index is 6.13. The molecule has 4 heteroatoms. The first-order valence-corrected chi connectivity index (χ1v) is 16.4. The molecule has 0 atom stereocenters. The van der Waals surface area contributed by atoms with E-state index >= 15 is 0 Å². The fourth-order valence-corrected chi connectivity index (χ4v) is 6.37. The van der Waals surface area contributed by atoms with Crippen molar-refractivity contribution < 1.29 is 4.42 Å². The lowest BCUT2D eigenvalue weighted by molar-refractivity contribution is 0.669. The molecule has 0 N–H and O–H groups in total. The summed E-state index contributed by atoms with van der Waals surface area (Å²) in [5.41, 5.74) is 11.5. The summed E-state index contributed by atoms with van der Waals surface area (Å²) in [5.74, 6) is 1.93. The van der Waals surface area contributed by atoms with Gasteiger partial charge in [-0.3, -0.25) is 0 Å². The Kier molecular flexibility index (Phi) is 7.10. The molecule has 7 aromatic carbocycles. The van der Waals surface area contributed by atoms with Crippen LogP contribution < -0.4 is 0 Å². The van der Waals surface area contributed by atoms with Crippen LogP contribution in [0.2, 0.25) is 0 Å². The van der Waals surface area contributed by atoms with Crippen molar-refractivity contribution in [3.05, 3.63) is 176 Å². The molecule has 0 aliphatic heterocycles. The Morgan fingerprint density at radius 2 is 0.612 bits per heavy atom. The highest BCUT2D eigenvalue weighted by Gasteiger charge is 2.13. The Labute approximate surface area is 284 Å². The van der Waals surface area contributed by atoms with Crippen LogP contribution in [0.5, 0.6) is 0 Å². The van der Waals surface area contributed by atoms with Gasteiger partial charge in [-0.15, -0.1) is 0 Å². The maximum atomic E-state index is 6.13. The minimum atomic E-state index is 0.638. The number of hydrogen-bond donors (Lipinski definition) is 0. The number of rotatable bonds is 6. The van der Waals surface area contributed by atoms with Crippen LogP contribution in [0.25, 0.3) is 89.5 Å². The first-order chi connectivity index (χ1) is 24.2. The third-order valence-electron chi connectivity index (χ3n) is 8.99. The average molecular weight is 628 g/mol. The van der Waals surface area contributed by atoms with Gasteiger partial charge in [0.25, 0.3) is 0 Å². The summed E-state index contributed by atoms with van der Waals surface area (Å²) in [6.45, 7) is 0. The number of aromatic nitrogens is 3. The van der Waals surface area contributed by atoms with Crippen LogP contribution in [0, 0.1) is 0 Å². The summed E-state index contributed by atoms with van der Waals surface area (Å²) in [7, 11) is 0. The zero-order valence-corrected chi connectivity index (χ0v) is 26.5. The van der Waals surface area contributed by atoms with Crippen molar-refractivity contribution in [3.8, 4) is 67.5 Å². The molecule has 0 amide bonds. The van der Waals surface area contributed by atoms with Crippen molar-refractivity contribution in [2.75, 3.05) is 0 Å². The smallest absolute Gasteiger partial charge is 0.164 e. The second-order valence-electron chi connectivity index (χ2n) is 12.1. The lowest BCUT2D eigenvalue weighted by atomic mass is 9.99. The van der Waals surface area contributed by atoms with Gasteiger partial charge in [0.15, 0.2) is 17.5 Å². The van der Waals surface area contributed by atoms with Gasteiger partial charge < -0.3 is 4.42 Å². The third-order valence-corrected chi connectivity index (χ3v) is 8.99. The molecule has 2 heterocycles. The number of fused-ring (bicyclic) bond motifs is 3. The van der Waals surface area contributed by atoms with E-state index in [1.54, 1.807) is 0 Å². The highest BCUT2D eigenvalue weighted by atomic mass is 16.3. The Bertz CT molecular complexity index is 2560. The van der Waals surface area contributed by atoms with Gasteiger partial charge in [-0.1, -0.05) is 158 Å². The van der Waals surface area contributed by atoms with Crippen molar-refractivity contribution in [3.63, 3.8) is 0 Å². The molecule has 0 spiro atoms. The van der Waals surface area contributed by atoms with Crippen molar-refractivity contribution in [1.29, 1.82) is 0 Å². The molecule has 49 heavy (non-hydrogen) atoms. The van der Waals surface area contributed by atoms with E-state index in [0.717, 1.165) is 66.4 Å². The fourth-order valence-electron chi connectivity index (χ4n) is 6.37. The fraction of sp³-hybridized carbons (Fsp3) is 0. The summed E-state index contributed by atoms with van der Waals surface area (Å²) >= 11 is 0. The van der Waals surface area contributed by atoms with E-state index in [0.29, 0.717) is 17.5 Å². The average Bonchev–Trinajstić information content (AvgIpc) is 3.57. The van der Waals surface area contributed by atoms with E-state index in [2.05, 4.69) is 121 Å². The van der Waals surface area contributed by atoms with Crippen LogP contribution in [0.1, 0.15) is 0 Å². The van der Waals surface area contributed by atoms with E-state index < -0.39 is 0 Å². The summed E-state index contributed by atoms with van der Waals surface area (Å²) < 4.78 is 6.13. The van der Waals surface area contributed by atoms with Gasteiger partial charge in [-0.2, -0.15) is 0 Å². The van der Waals surface area contributed by atoms with Gasteiger partial charge in [0.05, 0.1) is 0 Å². The topological polar surface area (TPSA) is 51.8 Å². The van der Waals surface area contributed by atoms with E-state index in [1.807, 2.05) is 54.6 Å². The van der Waals surface area contributed by atoms with Crippen LogP contribution >= 0.6 is 0 Å². The number of nitrogens with zero attached hydrogens (tertiary/aromatic N) is 3. The van der Waals surface area contributed by atoms with E-state index in [4.69, 9.17) is 19.4 Å². The standard InChI is InChI=1S/C45H29N3O/c1-3-9-30(10-4-1)31-19-23-36(24-20-31)44-46-43(35-11-5-2-6-12-35)47-45(48-44)37-25-21-33(22-26-37)32-15-17-34(18-16-32)38-27-28-40-39-13-7-8-14-41(39)49-42(40)29-38/h1-29H. The molecule has 0 fully saturated rings. The van der Waals surface area contributed by atoms with Gasteiger partial charge >= 0.3 is 0 Å². The minimum Gasteiger partial charge on any atom is -0.456 e. The molecule has 0 bridgehead atoms. The highest BCUT2D eigenvalue weighted by molar-refractivity contribution is 6.05. The largest absolute Gasteiger partial charge is 0.456 e. The van der Waals surface area contributed by atoms with Gasteiger partial charge in [0.2, 0.25) is 0 Å². The zero-order chi connectivity index (χ0) is 32.6. The summed E-state index contributed by atoms with van der Waals surface area (Å²) in [4.78, 5) is 14.8. The molecular formula is C45H29N3O. The minimum absolute atomic E-state index is 0.638. The van der Waals surface area contributed by atoms with Crippen molar-refractivity contribution >= 4 is 21.9 Å². The number of para-hydroxylation sites is 1.